The van der Waals surface area contributed by atoms with Crippen LogP contribution in [0.2, 0.25) is 0 Å². The molecule has 0 aliphatic carbocycles. The lowest BCUT2D eigenvalue weighted by atomic mass is 10.3. The summed E-state index contributed by atoms with van der Waals surface area (Å²) in [5.74, 6) is 0.860. The Labute approximate surface area is 110 Å². The highest BCUT2D eigenvalue weighted by molar-refractivity contribution is 5.46. The maximum Gasteiger partial charge on any atom is 0.187 e. The predicted molar refractivity (Wildman–Crippen MR) is 75.2 cm³/mol. The molecular weight excluding hydrogens is 224 g/mol. The Morgan fingerprint density at radius 1 is 1.17 bits per heavy atom. The highest BCUT2D eigenvalue weighted by atomic mass is 16.5. The predicted octanol–water partition coefficient (Wildman–Crippen LogP) is 3.74. The Bertz CT molecular complexity index is 374. The quantitative estimate of drug-likeness (QED) is 0.581. The molecule has 0 spiro atoms. The van der Waals surface area contributed by atoms with Gasteiger partial charge >= 0.3 is 0 Å². The van der Waals surface area contributed by atoms with Gasteiger partial charge < -0.3 is 9.64 Å². The third-order valence-corrected chi connectivity index (χ3v) is 3.05. The topological polar surface area (TPSA) is 16.8 Å². The maximum absolute atomic E-state index is 6.86. The molecule has 1 aromatic rings. The summed E-state index contributed by atoms with van der Waals surface area (Å²) >= 11 is 0. The van der Waals surface area contributed by atoms with E-state index < -0.39 is 0 Å². The summed E-state index contributed by atoms with van der Waals surface area (Å²) in [5, 5.41) is 0. The highest BCUT2D eigenvalue weighted by Crippen LogP contribution is 2.18. The van der Waals surface area contributed by atoms with Crippen molar-refractivity contribution in [3.63, 3.8) is 0 Å². The van der Waals surface area contributed by atoms with Crippen molar-refractivity contribution < 1.29 is 4.74 Å². The van der Waals surface area contributed by atoms with Gasteiger partial charge in [0.15, 0.2) is 5.69 Å². The molecule has 0 bridgehead atoms. The minimum absolute atomic E-state index is 0. The summed E-state index contributed by atoms with van der Waals surface area (Å²) in [4.78, 5) is 5.84. The molecule has 0 amide bonds. The van der Waals surface area contributed by atoms with E-state index in [4.69, 9.17) is 11.3 Å². The second-order valence-corrected chi connectivity index (χ2v) is 4.36. The molecule has 3 nitrogen and oxygen atoms in total. The number of rotatable bonds is 5. The maximum atomic E-state index is 6.86. The fourth-order valence-corrected chi connectivity index (χ4v) is 2.10. The number of hydrogen-bond donors (Lipinski definition) is 0. The number of benzene rings is 1. The van der Waals surface area contributed by atoms with E-state index in [1.165, 1.54) is 25.9 Å². The number of likely N-dealkylation sites (tertiary alicyclic amines) is 1. The molecule has 98 valence electrons. The van der Waals surface area contributed by atoms with E-state index in [-0.39, 0.29) is 7.43 Å². The fourth-order valence-electron chi connectivity index (χ4n) is 2.10. The van der Waals surface area contributed by atoms with E-state index in [0.29, 0.717) is 5.69 Å². The third-order valence-electron chi connectivity index (χ3n) is 3.05. The van der Waals surface area contributed by atoms with Gasteiger partial charge in [0, 0.05) is 6.54 Å². The lowest BCUT2D eigenvalue weighted by molar-refractivity contribution is 0.263. The Hall–Kier alpha value is -1.53. The molecule has 2 rings (SSSR count). The Morgan fingerprint density at radius 2 is 1.83 bits per heavy atom. The smallest absolute Gasteiger partial charge is 0.187 e. The Balaban J connectivity index is 0.00000162. The first-order valence-corrected chi connectivity index (χ1v) is 6.21. The standard InChI is InChI=1S/C14H18N2O.CH4/c1-15-13-5-7-14(8-6-13)17-12-4-11-16-9-2-3-10-16;/h5-8H,2-4,9-12H2;1H4. The normalized spacial score (nSPS) is 14.8. The van der Waals surface area contributed by atoms with Crippen molar-refractivity contribution in [1.29, 1.82) is 0 Å². The summed E-state index contributed by atoms with van der Waals surface area (Å²) in [6.45, 7) is 11.3. The molecule has 0 saturated carbocycles. The number of nitrogens with zero attached hydrogens (tertiary/aromatic N) is 2. The van der Waals surface area contributed by atoms with Gasteiger partial charge in [0.1, 0.15) is 5.75 Å². The molecule has 0 radical (unpaired) electrons. The van der Waals surface area contributed by atoms with Gasteiger partial charge in [-0.05, 0) is 44.5 Å². The van der Waals surface area contributed by atoms with Crippen molar-refractivity contribution in [3.8, 4) is 5.75 Å². The van der Waals surface area contributed by atoms with Crippen LogP contribution < -0.4 is 4.74 Å². The van der Waals surface area contributed by atoms with Gasteiger partial charge in [0.2, 0.25) is 0 Å². The van der Waals surface area contributed by atoms with E-state index >= 15 is 0 Å². The van der Waals surface area contributed by atoms with Crippen molar-refractivity contribution in [3.05, 3.63) is 35.7 Å². The summed E-state index contributed by atoms with van der Waals surface area (Å²) in [5.41, 5.74) is 0.661. The van der Waals surface area contributed by atoms with E-state index in [0.717, 1.165) is 25.3 Å². The second-order valence-electron chi connectivity index (χ2n) is 4.36. The zero-order valence-electron chi connectivity index (χ0n) is 10.1. The van der Waals surface area contributed by atoms with Gasteiger partial charge in [-0.15, -0.1) is 0 Å². The largest absolute Gasteiger partial charge is 0.494 e. The molecular formula is C15H22N2O. The first-order valence-electron chi connectivity index (χ1n) is 6.21. The van der Waals surface area contributed by atoms with Gasteiger partial charge in [0.05, 0.1) is 13.2 Å². The first kappa shape index (κ1) is 14.5. The number of ether oxygens (including phenoxy) is 1. The number of hydrogen-bond acceptors (Lipinski definition) is 2. The lowest BCUT2D eigenvalue weighted by Gasteiger charge is -2.14. The van der Waals surface area contributed by atoms with Crippen LogP contribution in [0, 0.1) is 6.57 Å². The Morgan fingerprint density at radius 3 is 2.44 bits per heavy atom. The minimum Gasteiger partial charge on any atom is -0.494 e. The molecule has 0 unspecified atom stereocenters. The lowest BCUT2D eigenvalue weighted by Crippen LogP contribution is -2.21. The molecule has 1 saturated heterocycles. The van der Waals surface area contributed by atoms with Crippen LogP contribution in [0.5, 0.6) is 5.75 Å². The molecule has 1 fully saturated rings. The van der Waals surface area contributed by atoms with Crippen LogP contribution >= 0.6 is 0 Å². The minimum atomic E-state index is 0. The highest BCUT2D eigenvalue weighted by Gasteiger charge is 2.10. The zero-order valence-corrected chi connectivity index (χ0v) is 10.1. The molecule has 18 heavy (non-hydrogen) atoms. The van der Waals surface area contributed by atoms with Crippen LogP contribution in [0.15, 0.2) is 24.3 Å². The van der Waals surface area contributed by atoms with E-state index in [2.05, 4.69) is 9.74 Å². The molecule has 0 N–H and O–H groups in total. The van der Waals surface area contributed by atoms with Crippen molar-refractivity contribution in [2.24, 2.45) is 0 Å². The fraction of sp³-hybridized carbons (Fsp3) is 0.533. The van der Waals surface area contributed by atoms with Crippen molar-refractivity contribution in [1.82, 2.24) is 4.90 Å². The molecule has 3 heteroatoms. The second kappa shape index (κ2) is 7.73. The van der Waals surface area contributed by atoms with Gasteiger partial charge in [-0.3, -0.25) is 0 Å². The molecule has 1 aliphatic rings. The first-order chi connectivity index (χ1) is 8.38. The summed E-state index contributed by atoms with van der Waals surface area (Å²) in [6.07, 6.45) is 3.77. The van der Waals surface area contributed by atoms with Gasteiger partial charge in [-0.25, -0.2) is 4.85 Å². The van der Waals surface area contributed by atoms with Crippen molar-refractivity contribution >= 4 is 5.69 Å². The van der Waals surface area contributed by atoms with Gasteiger partial charge in [0.25, 0.3) is 0 Å². The van der Waals surface area contributed by atoms with Crippen molar-refractivity contribution in [2.45, 2.75) is 26.7 Å². The third kappa shape index (κ3) is 4.38. The van der Waals surface area contributed by atoms with Crippen LogP contribution in [-0.4, -0.2) is 31.1 Å². The molecule has 1 heterocycles. The van der Waals surface area contributed by atoms with Crippen LogP contribution in [0.4, 0.5) is 5.69 Å². The molecule has 0 aromatic heterocycles. The van der Waals surface area contributed by atoms with Crippen LogP contribution in [-0.2, 0) is 0 Å². The van der Waals surface area contributed by atoms with E-state index in [1.807, 2.05) is 12.1 Å². The van der Waals surface area contributed by atoms with E-state index in [9.17, 15) is 0 Å². The van der Waals surface area contributed by atoms with Crippen molar-refractivity contribution in [2.75, 3.05) is 26.2 Å². The van der Waals surface area contributed by atoms with Gasteiger partial charge in [-0.2, -0.15) is 0 Å². The summed E-state index contributed by atoms with van der Waals surface area (Å²) < 4.78 is 5.64. The molecule has 1 aliphatic heterocycles. The summed E-state index contributed by atoms with van der Waals surface area (Å²) in [7, 11) is 0. The Kier molecular flexibility index (Phi) is 6.24. The van der Waals surface area contributed by atoms with Crippen LogP contribution in [0.3, 0.4) is 0 Å². The van der Waals surface area contributed by atoms with Crippen LogP contribution in [0.1, 0.15) is 26.7 Å². The average Bonchev–Trinajstić information content (AvgIpc) is 2.88. The monoisotopic (exact) mass is 246 g/mol. The van der Waals surface area contributed by atoms with Gasteiger partial charge in [-0.1, -0.05) is 19.6 Å². The van der Waals surface area contributed by atoms with Crippen LogP contribution in [0.25, 0.3) is 4.85 Å². The summed E-state index contributed by atoms with van der Waals surface area (Å²) in [6, 6.07) is 7.32. The molecule has 1 aromatic carbocycles. The SMILES string of the molecule is C.[C-]#[N+]c1ccc(OCCCN2CCCC2)cc1. The zero-order chi connectivity index (χ0) is 11.9. The molecule has 0 atom stereocenters. The average molecular weight is 246 g/mol. The van der Waals surface area contributed by atoms with E-state index in [1.54, 1.807) is 12.1 Å².